The Hall–Kier alpha value is -2.66. The van der Waals surface area contributed by atoms with Crippen LogP contribution in [0.5, 0.6) is 0 Å². The fourth-order valence-corrected chi connectivity index (χ4v) is 3.74. The quantitative estimate of drug-likeness (QED) is 0.252. The number of carboxylic acids is 1. The van der Waals surface area contributed by atoms with E-state index >= 15 is 0 Å². The Morgan fingerprint density at radius 1 is 1.48 bits per heavy atom. The third-order valence-electron chi connectivity index (χ3n) is 3.91. The summed E-state index contributed by atoms with van der Waals surface area (Å²) < 4.78 is 0.0505. The SMILES string of the molecule is Nc1nc(C(=NO)C(=O)NC2=C(C(=O)O)N3C(=O)CC3CC2)c(Cl)s1. The Morgan fingerprint density at radius 3 is 2.72 bits per heavy atom. The largest absolute Gasteiger partial charge is 0.477 e. The van der Waals surface area contributed by atoms with Gasteiger partial charge in [0.1, 0.15) is 15.7 Å². The first kappa shape index (κ1) is 17.2. The third kappa shape index (κ3) is 2.91. The number of carboxylic acid groups (broad SMARTS) is 1. The van der Waals surface area contributed by atoms with Gasteiger partial charge in [-0.1, -0.05) is 28.1 Å². The predicted molar refractivity (Wildman–Crippen MR) is 87.1 cm³/mol. The minimum atomic E-state index is -1.33. The van der Waals surface area contributed by atoms with Crippen molar-refractivity contribution in [1.82, 2.24) is 15.2 Å². The van der Waals surface area contributed by atoms with E-state index in [1.54, 1.807) is 0 Å². The number of aromatic nitrogens is 1. The number of allylic oxidation sites excluding steroid dienone is 1. The standard InChI is InChI=1S/C13H12ClN5O5S/c14-10-7(17-13(15)25-10)8(18-24)11(21)16-5-2-1-4-3-6(20)19(4)9(5)12(22)23/h4,24H,1-3H2,(H2,15,17)(H,16,21)(H,22,23). The lowest BCUT2D eigenvalue weighted by atomic mass is 9.90. The third-order valence-corrected chi connectivity index (χ3v) is 4.99. The molecular formula is C13H12ClN5O5S. The van der Waals surface area contributed by atoms with Gasteiger partial charge in [-0.05, 0) is 12.8 Å². The zero-order chi connectivity index (χ0) is 18.3. The fraction of sp³-hybridized carbons (Fsp3) is 0.308. The van der Waals surface area contributed by atoms with E-state index in [1.807, 2.05) is 0 Å². The highest BCUT2D eigenvalue weighted by Gasteiger charge is 2.45. The minimum absolute atomic E-state index is 0.0505. The van der Waals surface area contributed by atoms with Crippen LogP contribution in [0.2, 0.25) is 4.34 Å². The summed E-state index contributed by atoms with van der Waals surface area (Å²) in [7, 11) is 0. The van der Waals surface area contributed by atoms with Gasteiger partial charge in [0, 0.05) is 18.2 Å². The molecule has 3 heterocycles. The number of nitrogens with two attached hydrogens (primary N) is 1. The number of hydrogen-bond acceptors (Lipinski definition) is 8. The van der Waals surface area contributed by atoms with Crippen LogP contribution in [0.4, 0.5) is 5.13 Å². The molecule has 1 saturated heterocycles. The Kier molecular flexibility index (Phi) is 4.35. The van der Waals surface area contributed by atoms with Crippen LogP contribution in [0.15, 0.2) is 16.5 Å². The number of rotatable bonds is 4. The first-order valence-corrected chi connectivity index (χ1v) is 8.27. The van der Waals surface area contributed by atoms with Crippen molar-refractivity contribution in [2.45, 2.75) is 25.3 Å². The smallest absolute Gasteiger partial charge is 0.354 e. The second-order valence-electron chi connectivity index (χ2n) is 5.37. The Labute approximate surface area is 149 Å². The summed E-state index contributed by atoms with van der Waals surface area (Å²) >= 11 is 6.79. The summed E-state index contributed by atoms with van der Waals surface area (Å²) in [6, 6.07) is -0.169. The lowest BCUT2D eigenvalue weighted by Gasteiger charge is -2.44. The van der Waals surface area contributed by atoms with Crippen molar-refractivity contribution in [2.24, 2.45) is 5.16 Å². The van der Waals surface area contributed by atoms with Crippen LogP contribution in [-0.2, 0) is 14.4 Å². The first-order chi connectivity index (χ1) is 11.8. The number of nitrogens with one attached hydrogen (secondary N) is 1. The molecule has 1 unspecified atom stereocenters. The molecule has 0 aliphatic carbocycles. The van der Waals surface area contributed by atoms with Gasteiger partial charge < -0.3 is 26.3 Å². The molecule has 0 aromatic carbocycles. The maximum absolute atomic E-state index is 12.4. The molecule has 0 bridgehead atoms. The van der Waals surface area contributed by atoms with E-state index in [2.05, 4.69) is 15.5 Å². The number of aliphatic carboxylic acids is 1. The molecule has 5 N–H and O–H groups in total. The number of amides is 2. The van der Waals surface area contributed by atoms with Gasteiger partial charge in [-0.2, -0.15) is 0 Å². The van der Waals surface area contributed by atoms with Gasteiger partial charge in [-0.25, -0.2) is 9.78 Å². The zero-order valence-electron chi connectivity index (χ0n) is 12.5. The molecular weight excluding hydrogens is 374 g/mol. The predicted octanol–water partition coefficient (Wildman–Crippen LogP) is 0.364. The Bertz CT molecular complexity index is 848. The molecule has 0 radical (unpaired) electrons. The molecule has 10 nitrogen and oxygen atoms in total. The molecule has 1 aromatic rings. The highest BCUT2D eigenvalue weighted by atomic mass is 35.5. The monoisotopic (exact) mass is 385 g/mol. The maximum atomic E-state index is 12.4. The van der Waals surface area contributed by atoms with Gasteiger partial charge in [0.05, 0.1) is 0 Å². The van der Waals surface area contributed by atoms with Crippen molar-refractivity contribution < 1.29 is 24.7 Å². The van der Waals surface area contributed by atoms with E-state index in [9.17, 15) is 19.5 Å². The van der Waals surface area contributed by atoms with E-state index in [4.69, 9.17) is 22.5 Å². The van der Waals surface area contributed by atoms with E-state index < -0.39 is 17.6 Å². The second kappa shape index (κ2) is 6.33. The number of nitrogens with zero attached hydrogens (tertiary/aromatic N) is 3. The number of anilines is 1. The number of carbonyl (C=O) groups excluding carboxylic acids is 2. The number of carbonyl (C=O) groups is 3. The normalized spacial score (nSPS) is 20.2. The number of oxime groups is 1. The highest BCUT2D eigenvalue weighted by molar-refractivity contribution is 7.19. The number of halogens is 1. The average molecular weight is 386 g/mol. The molecule has 25 heavy (non-hydrogen) atoms. The van der Waals surface area contributed by atoms with E-state index in [1.165, 1.54) is 0 Å². The number of hydrogen-bond donors (Lipinski definition) is 4. The molecule has 1 atom stereocenters. The first-order valence-electron chi connectivity index (χ1n) is 7.07. The molecule has 0 spiro atoms. The molecule has 1 fully saturated rings. The van der Waals surface area contributed by atoms with Crippen molar-refractivity contribution in [3.8, 4) is 0 Å². The molecule has 2 amide bonds. The van der Waals surface area contributed by atoms with Gasteiger partial charge in [0.15, 0.2) is 10.8 Å². The number of β-lactam (4-membered cyclic amide) rings is 1. The maximum Gasteiger partial charge on any atom is 0.354 e. The summed E-state index contributed by atoms with van der Waals surface area (Å²) in [5.74, 6) is -2.55. The fourth-order valence-electron chi connectivity index (χ4n) is 2.81. The van der Waals surface area contributed by atoms with Gasteiger partial charge in [0.25, 0.3) is 5.91 Å². The van der Waals surface area contributed by atoms with Crippen LogP contribution in [0.25, 0.3) is 0 Å². The molecule has 3 rings (SSSR count). The second-order valence-corrected chi connectivity index (χ2v) is 7.00. The average Bonchev–Trinajstić information content (AvgIpc) is 2.86. The summed E-state index contributed by atoms with van der Waals surface area (Å²) in [4.78, 5) is 40.6. The van der Waals surface area contributed by atoms with E-state index in [-0.39, 0.29) is 51.3 Å². The van der Waals surface area contributed by atoms with Crippen LogP contribution in [-0.4, -0.2) is 49.7 Å². The topological polar surface area (TPSA) is 158 Å². The molecule has 2 aliphatic heterocycles. The lowest BCUT2D eigenvalue weighted by molar-refractivity contribution is -0.150. The number of thiazole rings is 1. The van der Waals surface area contributed by atoms with Crippen LogP contribution in [0, 0.1) is 0 Å². The molecule has 132 valence electrons. The molecule has 12 heteroatoms. The summed E-state index contributed by atoms with van der Waals surface area (Å²) in [5.41, 5.74) is 4.66. The van der Waals surface area contributed by atoms with Crippen molar-refractivity contribution in [1.29, 1.82) is 0 Å². The summed E-state index contributed by atoms with van der Waals surface area (Å²) in [5, 5.41) is 23.9. The van der Waals surface area contributed by atoms with Crippen LogP contribution in [0.3, 0.4) is 0 Å². The molecule has 1 aromatic heterocycles. The van der Waals surface area contributed by atoms with Crippen LogP contribution >= 0.6 is 22.9 Å². The van der Waals surface area contributed by atoms with E-state index in [0.717, 1.165) is 16.2 Å². The van der Waals surface area contributed by atoms with Gasteiger partial charge in [-0.3, -0.25) is 9.59 Å². The Balaban J connectivity index is 1.90. The number of fused-ring (bicyclic) bond motifs is 1. The molecule has 2 aliphatic rings. The summed E-state index contributed by atoms with van der Waals surface area (Å²) in [6.07, 6.45) is 1.07. The van der Waals surface area contributed by atoms with Gasteiger partial charge in [-0.15, -0.1) is 0 Å². The number of nitrogen functional groups attached to an aromatic ring is 1. The van der Waals surface area contributed by atoms with Crippen LogP contribution in [0.1, 0.15) is 25.0 Å². The minimum Gasteiger partial charge on any atom is -0.477 e. The zero-order valence-corrected chi connectivity index (χ0v) is 14.1. The Morgan fingerprint density at radius 2 is 2.20 bits per heavy atom. The van der Waals surface area contributed by atoms with E-state index in [0.29, 0.717) is 6.42 Å². The van der Waals surface area contributed by atoms with Crippen molar-refractivity contribution in [3.63, 3.8) is 0 Å². The van der Waals surface area contributed by atoms with Crippen LogP contribution < -0.4 is 11.1 Å². The van der Waals surface area contributed by atoms with Gasteiger partial charge >= 0.3 is 5.97 Å². The highest BCUT2D eigenvalue weighted by Crippen LogP contribution is 2.35. The summed E-state index contributed by atoms with van der Waals surface area (Å²) in [6.45, 7) is 0. The van der Waals surface area contributed by atoms with Crippen molar-refractivity contribution >= 4 is 51.6 Å². The molecule has 0 saturated carbocycles. The lowest BCUT2D eigenvalue weighted by Crippen LogP contribution is -2.56. The van der Waals surface area contributed by atoms with Crippen molar-refractivity contribution in [2.75, 3.05) is 5.73 Å². The van der Waals surface area contributed by atoms with Crippen molar-refractivity contribution in [3.05, 3.63) is 21.4 Å². The van der Waals surface area contributed by atoms with Gasteiger partial charge in [0.2, 0.25) is 5.91 Å².